The largest absolute Gasteiger partial charge is 0.497 e. The molecule has 1 N–H and O–H groups in total. The van der Waals surface area contributed by atoms with Crippen LogP contribution in [0.5, 0.6) is 5.75 Å². The van der Waals surface area contributed by atoms with Crippen LogP contribution in [0.1, 0.15) is 5.56 Å². The molecule has 0 unspecified atom stereocenters. The minimum absolute atomic E-state index is 0.269. The maximum absolute atomic E-state index is 6.30. The summed E-state index contributed by atoms with van der Waals surface area (Å²) >= 11 is 18.7. The molecular formula is C18H15Cl3N6O. The summed E-state index contributed by atoms with van der Waals surface area (Å²) < 4.78 is 6.83. The lowest BCUT2D eigenvalue weighted by molar-refractivity contribution is 0.213. The molecule has 7 nitrogen and oxygen atoms in total. The van der Waals surface area contributed by atoms with Crippen LogP contribution in [0.15, 0.2) is 60.0 Å². The third kappa shape index (κ3) is 3.62. The van der Waals surface area contributed by atoms with E-state index >= 15 is 0 Å². The van der Waals surface area contributed by atoms with Crippen molar-refractivity contribution in [3.8, 4) is 11.4 Å². The van der Waals surface area contributed by atoms with E-state index in [9.17, 15) is 0 Å². The topological polar surface area (TPSA) is 57.9 Å². The van der Waals surface area contributed by atoms with Crippen molar-refractivity contribution in [3.05, 3.63) is 70.5 Å². The second kappa shape index (κ2) is 7.89. The van der Waals surface area contributed by atoms with E-state index in [1.807, 2.05) is 36.4 Å². The summed E-state index contributed by atoms with van der Waals surface area (Å²) in [6.07, 6.45) is 3.46. The first-order chi connectivity index (χ1) is 13.6. The van der Waals surface area contributed by atoms with Crippen molar-refractivity contribution in [1.82, 2.24) is 20.4 Å². The van der Waals surface area contributed by atoms with Crippen molar-refractivity contribution < 1.29 is 4.74 Å². The average molecular weight is 438 g/mol. The summed E-state index contributed by atoms with van der Waals surface area (Å²) in [7, 11) is 1.64. The fourth-order valence-electron chi connectivity index (χ4n) is 2.77. The molecule has 28 heavy (non-hydrogen) atoms. The van der Waals surface area contributed by atoms with Gasteiger partial charge in [-0.25, -0.2) is 15.2 Å². The Kier molecular flexibility index (Phi) is 5.32. The lowest BCUT2D eigenvalue weighted by Crippen LogP contribution is -2.44. The predicted octanol–water partition coefficient (Wildman–Crippen LogP) is 4.44. The number of nitrogens with zero attached hydrogens (tertiary/aromatic N) is 5. The van der Waals surface area contributed by atoms with Gasteiger partial charge < -0.3 is 4.74 Å². The van der Waals surface area contributed by atoms with Crippen LogP contribution in [0, 0.1) is 0 Å². The lowest BCUT2D eigenvalue weighted by Gasteiger charge is -2.26. The number of hydrazine groups is 2. The third-order valence-electron chi connectivity index (χ3n) is 4.16. The second-order valence-electron chi connectivity index (χ2n) is 5.91. The molecule has 0 aliphatic carbocycles. The number of anilines is 1. The molecule has 0 bridgehead atoms. The first-order valence-electron chi connectivity index (χ1n) is 8.25. The van der Waals surface area contributed by atoms with Gasteiger partial charge >= 0.3 is 0 Å². The van der Waals surface area contributed by atoms with Gasteiger partial charge in [0.05, 0.1) is 41.8 Å². The Labute approximate surface area is 176 Å². The summed E-state index contributed by atoms with van der Waals surface area (Å²) in [4.78, 5) is 0. The average Bonchev–Trinajstić information content (AvgIpc) is 3.31. The number of benzene rings is 2. The normalized spacial score (nSPS) is 14.1. The van der Waals surface area contributed by atoms with Gasteiger partial charge in [0.25, 0.3) is 0 Å². The summed E-state index contributed by atoms with van der Waals surface area (Å²) in [6, 6.07) is 13.1. The fraction of sp³-hybridized carbons (Fsp3) is 0.111. The van der Waals surface area contributed by atoms with Crippen LogP contribution in [0.2, 0.25) is 10.0 Å². The molecule has 0 radical (unpaired) electrons. The molecule has 2 heterocycles. The van der Waals surface area contributed by atoms with E-state index < -0.39 is 0 Å². The van der Waals surface area contributed by atoms with Crippen molar-refractivity contribution in [2.75, 3.05) is 12.1 Å². The van der Waals surface area contributed by atoms with E-state index in [0.29, 0.717) is 28.0 Å². The molecule has 0 fully saturated rings. The number of methoxy groups -OCH3 is 1. The smallest absolute Gasteiger partial charge is 0.239 e. The van der Waals surface area contributed by atoms with Gasteiger partial charge in [0.15, 0.2) is 0 Å². The van der Waals surface area contributed by atoms with E-state index in [4.69, 9.17) is 39.5 Å². The number of rotatable bonds is 5. The number of nitrogens with one attached hydrogen (secondary N) is 1. The molecule has 0 atom stereocenters. The standard InChI is InChI=1S/C18H15Cl3N6O/c1-28-14-7-5-12(6-8-14)10-26-24-23-18(21)27(26)13-9-22-25(11-13)16-4-2-3-15(19)17(16)20/h2-9,11,24H,10H2,1H3. The van der Waals surface area contributed by atoms with Crippen LogP contribution in [-0.4, -0.2) is 27.3 Å². The van der Waals surface area contributed by atoms with Gasteiger partial charge in [-0.05, 0) is 41.4 Å². The van der Waals surface area contributed by atoms with Gasteiger partial charge in [0.1, 0.15) is 11.4 Å². The molecule has 3 aromatic rings. The van der Waals surface area contributed by atoms with E-state index in [-0.39, 0.29) is 5.29 Å². The van der Waals surface area contributed by atoms with Crippen LogP contribution < -0.4 is 15.3 Å². The van der Waals surface area contributed by atoms with Gasteiger partial charge in [0.2, 0.25) is 5.29 Å². The van der Waals surface area contributed by atoms with Crippen LogP contribution in [0.4, 0.5) is 5.69 Å². The first kappa shape index (κ1) is 18.9. The Hall–Kier alpha value is -2.45. The quantitative estimate of drug-likeness (QED) is 0.598. The molecule has 1 aliphatic rings. The van der Waals surface area contributed by atoms with Crippen molar-refractivity contribution in [1.29, 1.82) is 0 Å². The third-order valence-corrected chi connectivity index (χ3v) is 5.21. The molecule has 1 aromatic heterocycles. The van der Waals surface area contributed by atoms with Crippen molar-refractivity contribution in [3.63, 3.8) is 0 Å². The molecule has 0 saturated carbocycles. The molecule has 0 saturated heterocycles. The van der Waals surface area contributed by atoms with Crippen LogP contribution in [-0.2, 0) is 6.54 Å². The Morgan fingerprint density at radius 3 is 2.61 bits per heavy atom. The molecule has 0 spiro atoms. The van der Waals surface area contributed by atoms with Gasteiger partial charge in [0, 0.05) is 0 Å². The first-order valence-corrected chi connectivity index (χ1v) is 9.38. The zero-order chi connectivity index (χ0) is 19.7. The number of halogens is 3. The maximum Gasteiger partial charge on any atom is 0.239 e. The number of hydrogen-bond acceptors (Lipinski definition) is 6. The number of hydrazone groups is 1. The van der Waals surface area contributed by atoms with Crippen molar-refractivity contribution in [2.45, 2.75) is 6.54 Å². The Bertz CT molecular complexity index is 1020. The molecule has 10 heteroatoms. The van der Waals surface area contributed by atoms with Gasteiger partial charge in [-0.2, -0.15) is 5.10 Å². The van der Waals surface area contributed by atoms with Crippen LogP contribution in [0.3, 0.4) is 0 Å². The second-order valence-corrected chi connectivity index (χ2v) is 7.04. The number of hydrogen-bond donors (Lipinski definition) is 1. The Morgan fingerprint density at radius 1 is 1.07 bits per heavy atom. The van der Waals surface area contributed by atoms with Crippen molar-refractivity contribution in [2.24, 2.45) is 5.10 Å². The summed E-state index contributed by atoms with van der Waals surface area (Å²) in [5.74, 6) is 0.795. The van der Waals surface area contributed by atoms with Crippen molar-refractivity contribution >= 4 is 45.8 Å². The predicted molar refractivity (Wildman–Crippen MR) is 111 cm³/mol. The van der Waals surface area contributed by atoms with E-state index in [1.54, 1.807) is 40.4 Å². The maximum atomic E-state index is 6.30. The van der Waals surface area contributed by atoms with E-state index in [1.165, 1.54) is 0 Å². The summed E-state index contributed by atoms with van der Waals surface area (Å²) in [5, 5.41) is 13.1. The number of amidine groups is 1. The Balaban J connectivity index is 1.58. The molecule has 4 rings (SSSR count). The fourth-order valence-corrected chi connectivity index (χ4v) is 3.38. The molecular weight excluding hydrogens is 423 g/mol. The molecule has 144 valence electrons. The van der Waals surface area contributed by atoms with Crippen LogP contribution >= 0.6 is 34.8 Å². The zero-order valence-corrected chi connectivity index (χ0v) is 16.9. The molecule has 1 aliphatic heterocycles. The van der Waals surface area contributed by atoms with E-state index in [0.717, 1.165) is 11.3 Å². The highest BCUT2D eigenvalue weighted by atomic mass is 35.5. The highest BCUT2D eigenvalue weighted by molar-refractivity contribution is 6.67. The minimum atomic E-state index is 0.269. The number of ether oxygens (including phenoxy) is 1. The zero-order valence-electron chi connectivity index (χ0n) is 14.7. The van der Waals surface area contributed by atoms with Gasteiger partial charge in [-0.3, -0.25) is 0 Å². The number of aromatic nitrogens is 2. The molecule has 2 aromatic carbocycles. The lowest BCUT2D eigenvalue weighted by atomic mass is 10.2. The van der Waals surface area contributed by atoms with Gasteiger partial charge in [-0.1, -0.05) is 41.4 Å². The monoisotopic (exact) mass is 436 g/mol. The Morgan fingerprint density at radius 2 is 1.86 bits per heavy atom. The molecule has 0 amide bonds. The highest BCUT2D eigenvalue weighted by Gasteiger charge is 2.27. The minimum Gasteiger partial charge on any atom is -0.497 e. The highest BCUT2D eigenvalue weighted by Crippen LogP contribution is 2.30. The van der Waals surface area contributed by atoms with Gasteiger partial charge in [-0.15, -0.1) is 10.2 Å². The summed E-state index contributed by atoms with van der Waals surface area (Å²) in [6.45, 7) is 0.521. The SMILES string of the molecule is COc1ccc(CN2NN=C(Cl)N2c2cnn(-c3cccc(Cl)c3Cl)c2)cc1. The summed E-state index contributed by atoms with van der Waals surface area (Å²) in [5.41, 5.74) is 5.33. The van der Waals surface area contributed by atoms with Crippen LogP contribution in [0.25, 0.3) is 5.69 Å². The van der Waals surface area contributed by atoms with E-state index in [2.05, 4.69) is 15.7 Å².